The molecule has 85 heavy (non-hydrogen) atoms. The van der Waals surface area contributed by atoms with Crippen LogP contribution < -0.4 is 9.47 Å². The van der Waals surface area contributed by atoms with E-state index in [2.05, 4.69) is 211 Å². The molecule has 2 saturated heterocycles. The van der Waals surface area contributed by atoms with Gasteiger partial charge in [0, 0.05) is 39.3 Å². The second-order valence-corrected chi connectivity index (χ2v) is 28.3. The largest absolute Gasteiger partial charge is 0.493 e. The van der Waals surface area contributed by atoms with Gasteiger partial charge in [0.05, 0.1) is 37.1 Å². The van der Waals surface area contributed by atoms with Crippen molar-refractivity contribution in [1.29, 1.82) is 0 Å². The van der Waals surface area contributed by atoms with Crippen LogP contribution in [0.25, 0.3) is 22.3 Å². The second kappa shape index (κ2) is 22.9. The van der Waals surface area contributed by atoms with Crippen LogP contribution in [0, 0.1) is 0 Å². The Morgan fingerprint density at radius 3 is 1.34 bits per heavy atom. The van der Waals surface area contributed by atoms with Gasteiger partial charge in [0.15, 0.2) is 0 Å². The van der Waals surface area contributed by atoms with Gasteiger partial charge in [-0.15, -0.1) is 0 Å². The quantitative estimate of drug-likeness (QED) is 0.0641. The van der Waals surface area contributed by atoms with E-state index >= 15 is 0 Å². The number of hydrogen-bond donors (Lipinski definition) is 1. The van der Waals surface area contributed by atoms with Gasteiger partial charge in [-0.25, -0.2) is 0 Å². The van der Waals surface area contributed by atoms with Gasteiger partial charge < -0.3 is 24.1 Å². The third-order valence-corrected chi connectivity index (χ3v) is 22.9. The number of aliphatic hydroxyl groups is 1. The Balaban J connectivity index is 0.685. The van der Waals surface area contributed by atoms with Crippen molar-refractivity contribution >= 4 is 23.5 Å². The van der Waals surface area contributed by atoms with Crippen molar-refractivity contribution in [1.82, 2.24) is 0 Å². The molecule has 2 heterocycles. The molecular weight excluding hydrogens is 1080 g/mol. The molecule has 8 aromatic rings. The zero-order valence-corrected chi connectivity index (χ0v) is 52.2. The fraction of sp³-hybridized carbons (Fsp3) is 0.385. The van der Waals surface area contributed by atoms with Crippen molar-refractivity contribution < 1.29 is 24.1 Å². The highest BCUT2D eigenvalue weighted by atomic mass is 32.2. The molecule has 0 amide bonds. The van der Waals surface area contributed by atoms with Gasteiger partial charge in [0.2, 0.25) is 0 Å². The Bertz CT molecular complexity index is 3720. The number of aliphatic hydroxyl groups excluding tert-OH is 1. The van der Waals surface area contributed by atoms with Crippen LogP contribution in [0.2, 0.25) is 0 Å². The van der Waals surface area contributed by atoms with Crippen LogP contribution >= 0.6 is 23.5 Å². The molecule has 0 aromatic heterocycles. The number of rotatable bonds is 23. The molecule has 8 aromatic carbocycles. The zero-order chi connectivity index (χ0) is 58.1. The first kappa shape index (κ1) is 56.7. The third kappa shape index (κ3) is 10.1. The Morgan fingerprint density at radius 1 is 0.482 bits per heavy atom. The number of ether oxygens (including phenoxy) is 4. The maximum Gasteiger partial charge on any atom is 0.119 e. The van der Waals surface area contributed by atoms with Gasteiger partial charge in [-0.1, -0.05) is 187 Å². The summed E-state index contributed by atoms with van der Waals surface area (Å²) in [4.78, 5) is 0. The lowest BCUT2D eigenvalue weighted by Crippen LogP contribution is -2.33. The Morgan fingerprint density at radius 2 is 0.894 bits per heavy atom. The van der Waals surface area contributed by atoms with Gasteiger partial charge in [0.1, 0.15) is 18.1 Å². The van der Waals surface area contributed by atoms with E-state index in [9.17, 15) is 5.11 Å². The molecule has 0 spiro atoms. The van der Waals surface area contributed by atoms with Crippen LogP contribution in [0.1, 0.15) is 176 Å². The Hall–Kier alpha value is -6.06. The van der Waals surface area contributed by atoms with E-state index in [-0.39, 0.29) is 23.0 Å². The molecule has 7 heteroatoms. The van der Waals surface area contributed by atoms with Crippen molar-refractivity contribution in [3.63, 3.8) is 0 Å². The fourth-order valence-corrected chi connectivity index (χ4v) is 16.6. The molecule has 6 aliphatic rings. The molecule has 0 saturated carbocycles. The van der Waals surface area contributed by atoms with Crippen molar-refractivity contribution in [2.24, 2.45) is 0 Å². The third-order valence-electron chi connectivity index (χ3n) is 21.0. The summed E-state index contributed by atoms with van der Waals surface area (Å²) in [6, 6.07) is 64.8. The predicted molar refractivity (Wildman–Crippen MR) is 351 cm³/mol. The molecule has 4 aliphatic carbocycles. The van der Waals surface area contributed by atoms with Crippen LogP contribution in [-0.2, 0) is 44.3 Å². The summed E-state index contributed by atoms with van der Waals surface area (Å²) in [5.41, 5.74) is 23.1. The van der Waals surface area contributed by atoms with Gasteiger partial charge >= 0.3 is 0 Å². The van der Waals surface area contributed by atoms with Crippen LogP contribution in [-0.4, -0.2) is 59.6 Å². The summed E-state index contributed by atoms with van der Waals surface area (Å²) < 4.78 is 26.4. The van der Waals surface area contributed by atoms with Crippen molar-refractivity contribution in [2.75, 3.05) is 37.9 Å². The first-order valence-electron chi connectivity index (χ1n) is 31.9. The maximum absolute atomic E-state index is 11.6. The average Bonchev–Trinajstić information content (AvgIpc) is 1.94. The summed E-state index contributed by atoms with van der Waals surface area (Å²) >= 11 is 3.97. The summed E-state index contributed by atoms with van der Waals surface area (Å²) in [7, 11) is 0. The number of hydrogen-bond acceptors (Lipinski definition) is 7. The lowest BCUT2D eigenvalue weighted by Gasteiger charge is -2.36. The minimum Gasteiger partial charge on any atom is -0.493 e. The van der Waals surface area contributed by atoms with E-state index < -0.39 is 11.7 Å². The second-order valence-electron chi connectivity index (χ2n) is 25.6. The Labute approximate surface area is 513 Å². The molecule has 7 atom stereocenters. The summed E-state index contributed by atoms with van der Waals surface area (Å²) in [6.07, 6.45) is 7.12. The van der Waals surface area contributed by atoms with Gasteiger partial charge in [-0.3, -0.25) is 0 Å². The summed E-state index contributed by atoms with van der Waals surface area (Å²) in [5.74, 6) is 4.88. The Kier molecular flexibility index (Phi) is 15.3. The normalized spacial score (nSPS) is 22.5. The highest BCUT2D eigenvalue weighted by molar-refractivity contribution is 8.07. The molecule has 5 nitrogen and oxygen atoms in total. The van der Waals surface area contributed by atoms with E-state index in [4.69, 9.17) is 18.9 Å². The first-order chi connectivity index (χ1) is 41.5. The smallest absolute Gasteiger partial charge is 0.119 e. The zero-order valence-electron chi connectivity index (χ0n) is 50.6. The molecule has 1 N–H and O–H groups in total. The first-order valence-corrected chi connectivity index (χ1v) is 34.0. The van der Waals surface area contributed by atoms with E-state index in [0.717, 1.165) is 81.6 Å². The molecule has 2 fully saturated rings. The van der Waals surface area contributed by atoms with E-state index in [1.807, 2.05) is 23.5 Å². The molecule has 7 unspecified atom stereocenters. The number of thioether (sulfide) groups is 2. The summed E-state index contributed by atoms with van der Waals surface area (Å²) in [5, 5.41) is 12.9. The molecule has 0 radical (unpaired) electrons. The number of fused-ring (bicyclic) bond motifs is 8. The van der Waals surface area contributed by atoms with Gasteiger partial charge in [-0.2, -0.15) is 23.5 Å². The lowest BCUT2D eigenvalue weighted by atomic mass is 9.69. The van der Waals surface area contributed by atoms with E-state index in [0.29, 0.717) is 35.4 Å². The van der Waals surface area contributed by atoms with Crippen LogP contribution in [0.15, 0.2) is 170 Å². The van der Waals surface area contributed by atoms with Gasteiger partial charge in [-0.05, 0) is 188 Å². The standard InChI is InChI=1S/C78H82O5S2/c1-7-75(8-2,56-19-23-58(24-20-56)78(61-29-33-64(34-30-61)81-46-65-48-84-65)44-51(6)70-42-72-55(40-74(70)78)38-53-16-12-14-18-68(53)72)82-45-62(79)35-36-80-63-31-27-60(28-32-63)77(59-25-21-57(22-26-59)76(9-3,10-4)83-47-66-49-85-66)43-50(5)69-41-71-54(39-73(69)77)37-52-15-11-13-17-67(52)71/h11-34,39-42,50-51,62,65-66,79H,7-10,35-38,43-49H2,1-6H3. The fourth-order valence-electron chi connectivity index (χ4n) is 15.8. The lowest BCUT2D eigenvalue weighted by molar-refractivity contribution is -0.0923. The van der Waals surface area contributed by atoms with Gasteiger partial charge in [0.25, 0.3) is 0 Å². The molecule has 14 rings (SSSR count). The van der Waals surface area contributed by atoms with Crippen molar-refractivity contribution in [3.05, 3.63) is 248 Å². The molecule has 2 aliphatic heterocycles. The van der Waals surface area contributed by atoms with Crippen LogP contribution in [0.3, 0.4) is 0 Å². The minimum absolute atomic E-state index is 0.221. The van der Waals surface area contributed by atoms with Crippen LogP contribution in [0.4, 0.5) is 0 Å². The summed E-state index contributed by atoms with van der Waals surface area (Å²) in [6.45, 7) is 16.0. The van der Waals surface area contributed by atoms with Crippen molar-refractivity contribution in [3.8, 4) is 33.8 Å². The molecule has 436 valence electrons. The topological polar surface area (TPSA) is 57.2 Å². The highest BCUT2D eigenvalue weighted by Crippen LogP contribution is 2.59. The minimum atomic E-state index is -0.689. The average molecular weight is 1160 g/mol. The molecular formula is C78H82O5S2. The van der Waals surface area contributed by atoms with Crippen molar-refractivity contribution in [2.45, 2.75) is 150 Å². The monoisotopic (exact) mass is 1160 g/mol. The SMILES string of the molecule is CCC(CC)(OCC(O)CCOc1ccc(C2(c3ccc(C(CC)(CC)OCC4CS4)cc3)CC(C)c3cc4c(cc32)Cc2ccccc2-4)cc1)c1ccc(C2(c3ccc(OCC4CS4)cc3)CC(C)c3cc4c(cc32)Cc2ccccc2-4)cc1. The number of benzene rings is 8. The van der Waals surface area contributed by atoms with Crippen LogP contribution in [0.5, 0.6) is 11.5 Å². The van der Waals surface area contributed by atoms with E-state index in [1.54, 1.807) is 0 Å². The predicted octanol–water partition coefficient (Wildman–Crippen LogP) is 18.0. The van der Waals surface area contributed by atoms with E-state index in [1.165, 1.54) is 106 Å². The highest BCUT2D eigenvalue weighted by Gasteiger charge is 2.48. The molecule has 0 bridgehead atoms. The maximum atomic E-state index is 11.6.